The van der Waals surface area contributed by atoms with Gasteiger partial charge in [0.2, 0.25) is 0 Å². The maximum atomic E-state index is 11.9. The lowest BCUT2D eigenvalue weighted by Crippen LogP contribution is -2.32. The number of fused-ring (bicyclic) bond motifs is 1. The standard InChI is InChI=1S/C17H17ClN2O4/c18-12-3-1-11(2-4-12)14(21)10-19-17(22)20-13-5-6-15-16(9-13)24-8-7-23-15/h1-6,9,14,21H,7-8,10H2,(H2,19,20,22). The predicted octanol–water partition coefficient (Wildman–Crippen LogP) is 2.97. The molecule has 6 nitrogen and oxygen atoms in total. The molecule has 1 unspecified atom stereocenters. The maximum absolute atomic E-state index is 11.9. The number of aliphatic hydroxyl groups excluding tert-OH is 1. The first-order valence-corrected chi connectivity index (χ1v) is 7.87. The van der Waals surface area contributed by atoms with Gasteiger partial charge in [0.05, 0.1) is 6.10 Å². The Hall–Kier alpha value is -2.44. The Morgan fingerprint density at radius 2 is 1.83 bits per heavy atom. The van der Waals surface area contributed by atoms with Gasteiger partial charge in [0, 0.05) is 23.3 Å². The van der Waals surface area contributed by atoms with Gasteiger partial charge in [-0.05, 0) is 29.8 Å². The molecule has 1 heterocycles. The molecule has 2 amide bonds. The zero-order valence-corrected chi connectivity index (χ0v) is 13.5. The van der Waals surface area contributed by atoms with E-state index in [0.29, 0.717) is 41.0 Å². The Morgan fingerprint density at radius 3 is 2.58 bits per heavy atom. The van der Waals surface area contributed by atoms with Crippen molar-refractivity contribution < 1.29 is 19.4 Å². The summed E-state index contributed by atoms with van der Waals surface area (Å²) < 4.78 is 10.9. The molecule has 7 heteroatoms. The molecule has 0 aromatic heterocycles. The molecule has 3 rings (SSSR count). The first-order valence-electron chi connectivity index (χ1n) is 7.50. The summed E-state index contributed by atoms with van der Waals surface area (Å²) in [4.78, 5) is 11.9. The Morgan fingerprint density at radius 1 is 1.12 bits per heavy atom. The molecule has 2 aromatic carbocycles. The summed E-state index contributed by atoms with van der Waals surface area (Å²) in [6.45, 7) is 1.08. The molecule has 2 aromatic rings. The van der Waals surface area contributed by atoms with E-state index in [9.17, 15) is 9.90 Å². The van der Waals surface area contributed by atoms with E-state index in [1.54, 1.807) is 42.5 Å². The van der Waals surface area contributed by atoms with E-state index in [-0.39, 0.29) is 6.54 Å². The van der Waals surface area contributed by atoms with Gasteiger partial charge in [0.25, 0.3) is 0 Å². The van der Waals surface area contributed by atoms with E-state index in [0.717, 1.165) is 0 Å². The molecule has 0 bridgehead atoms. The second-order valence-corrected chi connectivity index (χ2v) is 5.70. The number of carbonyl (C=O) groups excluding carboxylic acids is 1. The average Bonchev–Trinajstić information content (AvgIpc) is 2.60. The number of urea groups is 1. The lowest BCUT2D eigenvalue weighted by molar-refractivity contribution is 0.171. The van der Waals surface area contributed by atoms with Gasteiger partial charge in [-0.15, -0.1) is 0 Å². The van der Waals surface area contributed by atoms with Gasteiger partial charge in [-0.2, -0.15) is 0 Å². The molecule has 0 spiro atoms. The van der Waals surface area contributed by atoms with E-state index >= 15 is 0 Å². The van der Waals surface area contributed by atoms with Gasteiger partial charge < -0.3 is 25.2 Å². The number of benzene rings is 2. The summed E-state index contributed by atoms with van der Waals surface area (Å²) >= 11 is 5.80. The van der Waals surface area contributed by atoms with E-state index in [1.165, 1.54) is 0 Å². The highest BCUT2D eigenvalue weighted by atomic mass is 35.5. The number of hydrogen-bond donors (Lipinski definition) is 3. The zero-order valence-electron chi connectivity index (χ0n) is 12.8. The van der Waals surface area contributed by atoms with Crippen molar-refractivity contribution in [3.63, 3.8) is 0 Å². The van der Waals surface area contributed by atoms with Crippen LogP contribution in [-0.4, -0.2) is 30.9 Å². The van der Waals surface area contributed by atoms with Crippen LogP contribution >= 0.6 is 11.6 Å². The summed E-state index contributed by atoms with van der Waals surface area (Å²) in [5, 5.41) is 16.0. The van der Waals surface area contributed by atoms with Crippen LogP contribution in [0.1, 0.15) is 11.7 Å². The molecule has 24 heavy (non-hydrogen) atoms. The van der Waals surface area contributed by atoms with Crippen LogP contribution in [0.5, 0.6) is 11.5 Å². The van der Waals surface area contributed by atoms with Crippen LogP contribution in [0.15, 0.2) is 42.5 Å². The topological polar surface area (TPSA) is 79.8 Å². The summed E-state index contributed by atoms with van der Waals surface area (Å²) in [5.41, 5.74) is 1.26. The predicted molar refractivity (Wildman–Crippen MR) is 90.9 cm³/mol. The van der Waals surface area contributed by atoms with Crippen LogP contribution in [-0.2, 0) is 0 Å². The smallest absolute Gasteiger partial charge is 0.319 e. The first kappa shape index (κ1) is 16.4. The number of rotatable bonds is 4. The second kappa shape index (κ2) is 7.42. The van der Waals surface area contributed by atoms with Crippen molar-refractivity contribution in [1.82, 2.24) is 5.32 Å². The molecule has 0 aliphatic carbocycles. The lowest BCUT2D eigenvalue weighted by Gasteiger charge is -2.19. The van der Waals surface area contributed by atoms with Crippen LogP contribution < -0.4 is 20.1 Å². The molecule has 1 aliphatic rings. The number of aliphatic hydroxyl groups is 1. The van der Waals surface area contributed by atoms with Gasteiger partial charge in [-0.3, -0.25) is 0 Å². The number of halogens is 1. The fraction of sp³-hybridized carbons (Fsp3) is 0.235. The number of anilines is 1. The summed E-state index contributed by atoms with van der Waals surface area (Å²) in [6, 6.07) is 11.6. The van der Waals surface area contributed by atoms with Crippen molar-refractivity contribution in [3.05, 3.63) is 53.1 Å². The van der Waals surface area contributed by atoms with Gasteiger partial charge in [0.1, 0.15) is 13.2 Å². The summed E-state index contributed by atoms with van der Waals surface area (Å²) in [7, 11) is 0. The Labute approximate surface area is 144 Å². The third-order valence-corrected chi connectivity index (χ3v) is 3.76. The van der Waals surface area contributed by atoms with Crippen molar-refractivity contribution in [1.29, 1.82) is 0 Å². The monoisotopic (exact) mass is 348 g/mol. The lowest BCUT2D eigenvalue weighted by atomic mass is 10.1. The fourth-order valence-electron chi connectivity index (χ4n) is 2.29. The average molecular weight is 349 g/mol. The largest absolute Gasteiger partial charge is 0.486 e. The molecule has 1 aliphatic heterocycles. The van der Waals surface area contributed by atoms with Gasteiger partial charge in [0.15, 0.2) is 11.5 Å². The second-order valence-electron chi connectivity index (χ2n) is 5.26. The van der Waals surface area contributed by atoms with Gasteiger partial charge in [-0.25, -0.2) is 4.79 Å². The zero-order chi connectivity index (χ0) is 16.9. The number of hydrogen-bond acceptors (Lipinski definition) is 4. The first-order chi connectivity index (χ1) is 11.6. The van der Waals surface area contributed by atoms with Crippen molar-refractivity contribution in [2.24, 2.45) is 0 Å². The van der Waals surface area contributed by atoms with Crippen LogP contribution in [0, 0.1) is 0 Å². The van der Waals surface area contributed by atoms with Gasteiger partial charge >= 0.3 is 6.03 Å². The van der Waals surface area contributed by atoms with Crippen molar-refractivity contribution in [2.45, 2.75) is 6.10 Å². The minimum Gasteiger partial charge on any atom is -0.486 e. The fourth-order valence-corrected chi connectivity index (χ4v) is 2.41. The van der Waals surface area contributed by atoms with Crippen LogP contribution in [0.3, 0.4) is 0 Å². The molecular formula is C17H17ClN2O4. The summed E-state index contributed by atoms with van der Waals surface area (Å²) in [5.74, 6) is 1.26. The summed E-state index contributed by atoms with van der Waals surface area (Å²) in [6.07, 6.45) is -0.812. The quantitative estimate of drug-likeness (QED) is 0.793. The SMILES string of the molecule is O=C(NCC(O)c1ccc(Cl)cc1)Nc1ccc2c(c1)OCCO2. The van der Waals surface area contributed by atoms with E-state index in [4.69, 9.17) is 21.1 Å². The van der Waals surface area contributed by atoms with Gasteiger partial charge in [-0.1, -0.05) is 23.7 Å². The van der Waals surface area contributed by atoms with Crippen LogP contribution in [0.2, 0.25) is 5.02 Å². The number of nitrogens with one attached hydrogen (secondary N) is 2. The minimum absolute atomic E-state index is 0.0814. The minimum atomic E-state index is -0.812. The normalized spacial score (nSPS) is 13.9. The molecule has 0 saturated carbocycles. The number of carbonyl (C=O) groups is 1. The molecule has 126 valence electrons. The van der Waals surface area contributed by atoms with Crippen molar-refractivity contribution in [2.75, 3.05) is 25.1 Å². The third kappa shape index (κ3) is 4.10. The van der Waals surface area contributed by atoms with Crippen LogP contribution in [0.4, 0.5) is 10.5 Å². The molecule has 1 atom stereocenters. The van der Waals surface area contributed by atoms with Crippen LogP contribution in [0.25, 0.3) is 0 Å². The molecule has 3 N–H and O–H groups in total. The molecular weight excluding hydrogens is 332 g/mol. The van der Waals surface area contributed by atoms with Crippen molar-refractivity contribution in [3.8, 4) is 11.5 Å². The highest BCUT2D eigenvalue weighted by molar-refractivity contribution is 6.30. The third-order valence-electron chi connectivity index (χ3n) is 3.51. The molecule has 0 fully saturated rings. The number of ether oxygens (including phenoxy) is 2. The Bertz CT molecular complexity index is 721. The number of amides is 2. The highest BCUT2D eigenvalue weighted by Gasteiger charge is 2.13. The Kier molecular flexibility index (Phi) is 5.08. The molecule has 0 saturated heterocycles. The van der Waals surface area contributed by atoms with Crippen molar-refractivity contribution >= 4 is 23.3 Å². The van der Waals surface area contributed by atoms with E-state index in [1.807, 2.05) is 0 Å². The Balaban J connectivity index is 1.53. The highest BCUT2D eigenvalue weighted by Crippen LogP contribution is 2.32. The molecule has 0 radical (unpaired) electrons. The maximum Gasteiger partial charge on any atom is 0.319 e. The van der Waals surface area contributed by atoms with E-state index < -0.39 is 12.1 Å². The van der Waals surface area contributed by atoms with E-state index in [2.05, 4.69) is 10.6 Å².